The van der Waals surface area contributed by atoms with E-state index in [2.05, 4.69) is 54.0 Å². The third kappa shape index (κ3) is 3.25. The van der Waals surface area contributed by atoms with Crippen LogP contribution in [0.2, 0.25) is 0 Å². The van der Waals surface area contributed by atoms with Gasteiger partial charge in [0.2, 0.25) is 0 Å². The summed E-state index contributed by atoms with van der Waals surface area (Å²) in [6, 6.07) is 2.13. The lowest BCUT2D eigenvalue weighted by molar-refractivity contribution is 0.138. The van der Waals surface area contributed by atoms with E-state index < -0.39 is 0 Å². The molecule has 1 aliphatic heterocycles. The van der Waals surface area contributed by atoms with Crippen LogP contribution in [0, 0.1) is 0 Å². The molecule has 2 heterocycles. The molecule has 0 spiro atoms. The monoisotopic (exact) mass is 262 g/mol. The van der Waals surface area contributed by atoms with Crippen molar-refractivity contribution in [3.63, 3.8) is 0 Å². The first-order chi connectivity index (χ1) is 9.04. The number of aromatic nitrogens is 1. The number of likely N-dealkylation sites (N-methyl/N-ethyl adjacent to an activating group) is 1. The smallest absolute Gasteiger partial charge is 0.0599 e. The molecule has 1 N–H and O–H groups in total. The summed E-state index contributed by atoms with van der Waals surface area (Å²) in [7, 11) is 2.21. The summed E-state index contributed by atoms with van der Waals surface area (Å²) in [5.74, 6) is 0. The van der Waals surface area contributed by atoms with E-state index in [1.807, 2.05) is 12.4 Å². The first-order valence-corrected chi connectivity index (χ1v) is 7.14. The topological polar surface area (TPSA) is 31.4 Å². The molecule has 0 unspecified atom stereocenters. The predicted molar refractivity (Wildman–Crippen MR) is 80.5 cm³/mol. The van der Waals surface area contributed by atoms with Gasteiger partial charge in [0.15, 0.2) is 0 Å². The Labute approximate surface area is 116 Å². The minimum atomic E-state index is 0.212. The molecule has 1 aromatic heterocycles. The van der Waals surface area contributed by atoms with E-state index in [1.54, 1.807) is 0 Å². The normalized spacial score (nSPS) is 19.7. The van der Waals surface area contributed by atoms with Gasteiger partial charge in [-0.1, -0.05) is 6.92 Å². The summed E-state index contributed by atoms with van der Waals surface area (Å²) in [6.07, 6.45) is 3.89. The molecule has 1 fully saturated rings. The molecule has 0 atom stereocenters. The Hall–Kier alpha value is -1.13. The maximum absolute atomic E-state index is 4.31. The Morgan fingerprint density at radius 2 is 2.16 bits per heavy atom. The Morgan fingerprint density at radius 1 is 1.37 bits per heavy atom. The van der Waals surface area contributed by atoms with E-state index in [0.717, 1.165) is 32.7 Å². The lowest BCUT2D eigenvalue weighted by Gasteiger charge is -2.46. The first-order valence-electron chi connectivity index (χ1n) is 7.14. The zero-order chi connectivity index (χ0) is 13.9. The van der Waals surface area contributed by atoms with Crippen molar-refractivity contribution < 1.29 is 0 Å². The molecule has 4 nitrogen and oxygen atoms in total. The second kappa shape index (κ2) is 5.88. The van der Waals surface area contributed by atoms with E-state index in [9.17, 15) is 0 Å². The summed E-state index contributed by atoms with van der Waals surface area (Å²) in [4.78, 5) is 9.22. The lowest BCUT2D eigenvalue weighted by atomic mass is 9.99. The molecule has 19 heavy (non-hydrogen) atoms. The Balaban J connectivity index is 2.17. The van der Waals surface area contributed by atoms with Gasteiger partial charge in [-0.25, -0.2) is 0 Å². The molecule has 0 amide bonds. The van der Waals surface area contributed by atoms with Crippen molar-refractivity contribution in [1.82, 2.24) is 15.2 Å². The largest absolute Gasteiger partial charge is 0.367 e. The minimum absolute atomic E-state index is 0.212. The van der Waals surface area contributed by atoms with Crippen LogP contribution in [0.25, 0.3) is 0 Å². The quantitative estimate of drug-likeness (QED) is 0.895. The fraction of sp³-hybridized carbons (Fsp3) is 0.667. The number of hydrogen-bond donors (Lipinski definition) is 1. The number of piperazine rings is 1. The highest BCUT2D eigenvalue weighted by atomic mass is 15.3. The van der Waals surface area contributed by atoms with Gasteiger partial charge in [0.05, 0.1) is 11.9 Å². The second-order valence-corrected chi connectivity index (χ2v) is 5.94. The number of anilines is 1. The molecule has 0 aliphatic carbocycles. The van der Waals surface area contributed by atoms with E-state index in [1.165, 1.54) is 11.3 Å². The fourth-order valence-electron chi connectivity index (χ4n) is 2.55. The molecule has 1 aliphatic rings. The van der Waals surface area contributed by atoms with Crippen LogP contribution in [0.15, 0.2) is 18.5 Å². The van der Waals surface area contributed by atoms with Crippen LogP contribution in [-0.4, -0.2) is 48.6 Å². The van der Waals surface area contributed by atoms with Crippen molar-refractivity contribution in [1.29, 1.82) is 0 Å². The Kier molecular flexibility index (Phi) is 4.42. The summed E-state index contributed by atoms with van der Waals surface area (Å²) >= 11 is 0. The zero-order valence-electron chi connectivity index (χ0n) is 12.6. The van der Waals surface area contributed by atoms with Gasteiger partial charge in [0.25, 0.3) is 0 Å². The third-order valence-corrected chi connectivity index (χ3v) is 4.11. The van der Waals surface area contributed by atoms with Gasteiger partial charge in [-0.2, -0.15) is 0 Å². The van der Waals surface area contributed by atoms with Crippen LogP contribution in [0.1, 0.15) is 26.3 Å². The molecule has 106 valence electrons. The summed E-state index contributed by atoms with van der Waals surface area (Å²) in [5, 5.41) is 3.41. The molecule has 0 aromatic carbocycles. The second-order valence-electron chi connectivity index (χ2n) is 5.94. The maximum Gasteiger partial charge on any atom is 0.0599 e. The van der Waals surface area contributed by atoms with Crippen molar-refractivity contribution in [2.45, 2.75) is 32.9 Å². The minimum Gasteiger partial charge on any atom is -0.367 e. The van der Waals surface area contributed by atoms with Gasteiger partial charge in [0.1, 0.15) is 0 Å². The fourth-order valence-corrected chi connectivity index (χ4v) is 2.55. The third-order valence-electron chi connectivity index (χ3n) is 4.11. The molecule has 1 aromatic rings. The van der Waals surface area contributed by atoms with E-state index in [0.29, 0.717) is 0 Å². The van der Waals surface area contributed by atoms with Crippen molar-refractivity contribution >= 4 is 5.69 Å². The first kappa shape index (κ1) is 14.3. The number of rotatable bonds is 4. The van der Waals surface area contributed by atoms with Crippen molar-refractivity contribution in [3.05, 3.63) is 24.0 Å². The highest BCUT2D eigenvalue weighted by Gasteiger charge is 2.31. The lowest BCUT2D eigenvalue weighted by Crippen LogP contribution is -2.57. The van der Waals surface area contributed by atoms with Crippen molar-refractivity contribution in [3.8, 4) is 0 Å². The highest BCUT2D eigenvalue weighted by molar-refractivity contribution is 5.52. The number of hydrogen-bond acceptors (Lipinski definition) is 4. The van der Waals surface area contributed by atoms with Gasteiger partial charge in [0, 0.05) is 37.9 Å². The summed E-state index contributed by atoms with van der Waals surface area (Å²) in [6.45, 7) is 11.9. The van der Waals surface area contributed by atoms with Crippen LogP contribution in [0.3, 0.4) is 0 Å². The van der Waals surface area contributed by atoms with E-state index in [4.69, 9.17) is 0 Å². The number of pyridine rings is 1. The van der Waals surface area contributed by atoms with Crippen LogP contribution >= 0.6 is 0 Å². The molecule has 2 rings (SSSR count). The predicted octanol–water partition coefficient (Wildman–Crippen LogP) is 1.72. The average Bonchev–Trinajstić information content (AvgIpc) is 2.40. The molecular weight excluding hydrogens is 236 g/mol. The molecule has 0 radical (unpaired) electrons. The Bertz CT molecular complexity index is 416. The van der Waals surface area contributed by atoms with Crippen LogP contribution in [0.5, 0.6) is 0 Å². The van der Waals surface area contributed by atoms with Crippen molar-refractivity contribution in [2.75, 3.05) is 38.1 Å². The summed E-state index contributed by atoms with van der Waals surface area (Å²) in [5.41, 5.74) is 2.84. The SMILES string of the molecule is CCNCc1ccncc1N1CCN(C)C(C)(C)C1. The van der Waals surface area contributed by atoms with Gasteiger partial charge >= 0.3 is 0 Å². The summed E-state index contributed by atoms with van der Waals surface area (Å²) < 4.78 is 0. The van der Waals surface area contributed by atoms with Crippen LogP contribution < -0.4 is 10.2 Å². The van der Waals surface area contributed by atoms with E-state index in [-0.39, 0.29) is 5.54 Å². The van der Waals surface area contributed by atoms with Crippen LogP contribution in [-0.2, 0) is 6.54 Å². The number of nitrogens with one attached hydrogen (secondary N) is 1. The van der Waals surface area contributed by atoms with Gasteiger partial charge in [-0.3, -0.25) is 9.88 Å². The van der Waals surface area contributed by atoms with Gasteiger partial charge in [-0.15, -0.1) is 0 Å². The zero-order valence-corrected chi connectivity index (χ0v) is 12.6. The van der Waals surface area contributed by atoms with E-state index >= 15 is 0 Å². The molecular formula is C15H26N4. The Morgan fingerprint density at radius 3 is 2.84 bits per heavy atom. The van der Waals surface area contributed by atoms with Crippen LogP contribution in [0.4, 0.5) is 5.69 Å². The number of nitrogens with zero attached hydrogens (tertiary/aromatic N) is 3. The van der Waals surface area contributed by atoms with Gasteiger partial charge in [-0.05, 0) is 39.1 Å². The molecule has 0 saturated carbocycles. The molecule has 4 heteroatoms. The standard InChI is InChI=1S/C15H26N4/c1-5-16-10-13-6-7-17-11-14(13)19-9-8-18(4)15(2,3)12-19/h6-7,11,16H,5,8-10,12H2,1-4H3. The molecule has 0 bridgehead atoms. The molecule has 1 saturated heterocycles. The maximum atomic E-state index is 4.31. The van der Waals surface area contributed by atoms with Crippen molar-refractivity contribution in [2.24, 2.45) is 0 Å². The highest BCUT2D eigenvalue weighted by Crippen LogP contribution is 2.26. The van der Waals surface area contributed by atoms with Gasteiger partial charge < -0.3 is 10.2 Å². The average molecular weight is 262 g/mol.